The molecule has 0 bridgehead atoms. The number of hydrogen-bond acceptors (Lipinski definition) is 5. The first-order valence-electron chi connectivity index (χ1n) is 8.52. The van der Waals surface area contributed by atoms with Crippen molar-refractivity contribution in [2.45, 2.75) is 32.2 Å². The van der Waals surface area contributed by atoms with E-state index in [0.717, 1.165) is 23.8 Å². The maximum atomic E-state index is 11.3. The summed E-state index contributed by atoms with van der Waals surface area (Å²) in [5.74, 6) is 1.53. The van der Waals surface area contributed by atoms with Gasteiger partial charge in [0.2, 0.25) is 0 Å². The molecule has 1 aromatic heterocycles. The first kappa shape index (κ1) is 16.0. The molecule has 1 aliphatic carbocycles. The van der Waals surface area contributed by atoms with Crippen LogP contribution in [0.25, 0.3) is 6.08 Å². The van der Waals surface area contributed by atoms with E-state index in [4.69, 9.17) is 4.74 Å². The monoisotopic (exact) mass is 315 g/mol. The lowest BCUT2D eigenvalue weighted by Gasteiger charge is -2.16. The minimum absolute atomic E-state index is 0.323. The summed E-state index contributed by atoms with van der Waals surface area (Å²) in [5, 5.41) is 3.51. The highest BCUT2D eigenvalue weighted by Crippen LogP contribution is 2.31. The van der Waals surface area contributed by atoms with Gasteiger partial charge in [-0.05, 0) is 55.9 Å². The van der Waals surface area contributed by atoms with E-state index in [-0.39, 0.29) is 5.97 Å². The third kappa shape index (κ3) is 5.06. The van der Waals surface area contributed by atoms with Gasteiger partial charge in [0.05, 0.1) is 6.61 Å². The number of rotatable bonds is 7. The van der Waals surface area contributed by atoms with Gasteiger partial charge in [0.1, 0.15) is 5.82 Å². The number of carbonyl (C=O) groups excluding carboxylic acids is 1. The highest BCUT2D eigenvalue weighted by atomic mass is 16.5. The molecular weight excluding hydrogens is 290 g/mol. The quantitative estimate of drug-likeness (QED) is 0.619. The fourth-order valence-electron chi connectivity index (χ4n) is 2.93. The average Bonchev–Trinajstić information content (AvgIpc) is 3.25. The molecule has 0 amide bonds. The molecule has 1 N–H and O–H groups in total. The van der Waals surface area contributed by atoms with Gasteiger partial charge in [0.25, 0.3) is 0 Å². The summed E-state index contributed by atoms with van der Waals surface area (Å²) in [6.45, 7) is 5.76. The molecule has 1 aromatic rings. The van der Waals surface area contributed by atoms with E-state index in [1.165, 1.54) is 38.4 Å². The average molecular weight is 315 g/mol. The molecule has 0 spiro atoms. The van der Waals surface area contributed by atoms with Crippen molar-refractivity contribution in [3.05, 3.63) is 30.0 Å². The normalized spacial score (nSPS) is 21.7. The first-order chi connectivity index (χ1) is 11.2. The zero-order chi connectivity index (χ0) is 16.1. The van der Waals surface area contributed by atoms with Crippen molar-refractivity contribution < 1.29 is 9.53 Å². The Morgan fingerprint density at radius 1 is 1.43 bits per heavy atom. The summed E-state index contributed by atoms with van der Waals surface area (Å²) in [5.41, 5.74) is 0.894. The molecule has 5 heteroatoms. The highest BCUT2D eigenvalue weighted by molar-refractivity contribution is 5.86. The molecule has 5 nitrogen and oxygen atoms in total. The van der Waals surface area contributed by atoms with Crippen LogP contribution in [-0.4, -0.2) is 48.1 Å². The molecule has 2 fully saturated rings. The number of carbonyl (C=O) groups is 1. The standard InChI is InChI=1S/C18H25N3O2/c1-2-23-18(22)8-6-14-5-7-17(19-11-14)20-16-9-10-21(13-16)12-15-3-4-15/h5-8,11,15-16H,2-4,9-10,12-13H2,1H3,(H,19,20)/t16-/m1/s1. The molecule has 0 aromatic carbocycles. The number of anilines is 1. The van der Waals surface area contributed by atoms with Crippen LogP contribution in [0.2, 0.25) is 0 Å². The predicted octanol–water partition coefficient (Wildman–Crippen LogP) is 2.55. The first-order valence-corrected chi connectivity index (χ1v) is 8.52. The molecule has 124 valence electrons. The second kappa shape index (κ2) is 7.59. The summed E-state index contributed by atoms with van der Waals surface area (Å²) in [6.07, 6.45) is 8.93. The number of nitrogens with zero attached hydrogens (tertiary/aromatic N) is 2. The summed E-state index contributed by atoms with van der Waals surface area (Å²) < 4.78 is 4.85. The number of esters is 1. The van der Waals surface area contributed by atoms with E-state index in [9.17, 15) is 4.79 Å². The van der Waals surface area contributed by atoms with Crippen molar-refractivity contribution in [2.24, 2.45) is 5.92 Å². The lowest BCUT2D eigenvalue weighted by atomic mass is 10.2. The molecule has 0 unspecified atom stereocenters. The van der Waals surface area contributed by atoms with Gasteiger partial charge in [-0.1, -0.05) is 0 Å². The number of aromatic nitrogens is 1. The maximum Gasteiger partial charge on any atom is 0.330 e. The lowest BCUT2D eigenvalue weighted by molar-refractivity contribution is -0.137. The zero-order valence-electron chi connectivity index (χ0n) is 13.7. The Morgan fingerprint density at radius 2 is 2.30 bits per heavy atom. The van der Waals surface area contributed by atoms with Crippen molar-refractivity contribution in [2.75, 3.05) is 31.6 Å². The van der Waals surface area contributed by atoms with Crippen LogP contribution in [0.3, 0.4) is 0 Å². The summed E-state index contributed by atoms with van der Waals surface area (Å²) in [4.78, 5) is 18.3. The van der Waals surface area contributed by atoms with E-state index in [2.05, 4.69) is 15.2 Å². The van der Waals surface area contributed by atoms with Gasteiger partial charge >= 0.3 is 5.97 Å². The Bertz CT molecular complexity index is 552. The number of hydrogen-bond donors (Lipinski definition) is 1. The van der Waals surface area contributed by atoms with Crippen LogP contribution in [0, 0.1) is 5.92 Å². The largest absolute Gasteiger partial charge is 0.463 e. The van der Waals surface area contributed by atoms with Gasteiger partial charge in [-0.25, -0.2) is 9.78 Å². The summed E-state index contributed by atoms with van der Waals surface area (Å²) in [6, 6.07) is 4.42. The predicted molar refractivity (Wildman–Crippen MR) is 91.1 cm³/mol. The second-order valence-electron chi connectivity index (χ2n) is 6.40. The highest BCUT2D eigenvalue weighted by Gasteiger charge is 2.29. The van der Waals surface area contributed by atoms with E-state index >= 15 is 0 Å². The molecule has 1 atom stereocenters. The van der Waals surface area contributed by atoms with Crippen LogP contribution in [0.5, 0.6) is 0 Å². The van der Waals surface area contributed by atoms with Crippen LogP contribution in [-0.2, 0) is 9.53 Å². The Morgan fingerprint density at radius 3 is 3.00 bits per heavy atom. The second-order valence-corrected chi connectivity index (χ2v) is 6.40. The van der Waals surface area contributed by atoms with Gasteiger partial charge in [-0.2, -0.15) is 0 Å². The van der Waals surface area contributed by atoms with Gasteiger partial charge in [-0.15, -0.1) is 0 Å². The minimum atomic E-state index is -0.323. The topological polar surface area (TPSA) is 54.5 Å². The van der Waals surface area contributed by atoms with Crippen molar-refractivity contribution in [3.8, 4) is 0 Å². The minimum Gasteiger partial charge on any atom is -0.463 e. The van der Waals surface area contributed by atoms with Crippen LogP contribution in [0.1, 0.15) is 31.7 Å². The van der Waals surface area contributed by atoms with Gasteiger partial charge < -0.3 is 15.0 Å². The van der Waals surface area contributed by atoms with Crippen molar-refractivity contribution >= 4 is 17.9 Å². The van der Waals surface area contributed by atoms with Crippen LogP contribution in [0.15, 0.2) is 24.4 Å². The number of likely N-dealkylation sites (tertiary alicyclic amines) is 1. The molecular formula is C18H25N3O2. The molecule has 1 aliphatic heterocycles. The van der Waals surface area contributed by atoms with Gasteiger partial charge in [0, 0.05) is 37.9 Å². The summed E-state index contributed by atoms with van der Waals surface area (Å²) >= 11 is 0. The lowest BCUT2D eigenvalue weighted by Crippen LogP contribution is -2.28. The molecule has 2 heterocycles. The third-order valence-electron chi connectivity index (χ3n) is 4.32. The molecule has 1 saturated carbocycles. The Hall–Kier alpha value is -1.88. The maximum absolute atomic E-state index is 11.3. The van der Waals surface area contributed by atoms with E-state index in [1.54, 1.807) is 19.2 Å². The van der Waals surface area contributed by atoms with E-state index in [0.29, 0.717) is 12.6 Å². The zero-order valence-corrected chi connectivity index (χ0v) is 13.7. The Kier molecular flexibility index (Phi) is 5.28. The Labute approximate surface area is 137 Å². The fraction of sp³-hybridized carbons (Fsp3) is 0.556. The molecule has 3 rings (SSSR count). The van der Waals surface area contributed by atoms with Crippen molar-refractivity contribution in [1.29, 1.82) is 0 Å². The van der Waals surface area contributed by atoms with Crippen LogP contribution >= 0.6 is 0 Å². The SMILES string of the molecule is CCOC(=O)C=Cc1ccc(N[C@@H]2CCN(CC3CC3)C2)nc1. The fourth-order valence-corrected chi connectivity index (χ4v) is 2.93. The van der Waals surface area contributed by atoms with E-state index in [1.807, 2.05) is 12.1 Å². The van der Waals surface area contributed by atoms with Crippen LogP contribution in [0.4, 0.5) is 5.82 Å². The number of pyridine rings is 1. The smallest absolute Gasteiger partial charge is 0.330 e. The van der Waals surface area contributed by atoms with Gasteiger partial charge in [-0.3, -0.25) is 0 Å². The molecule has 0 radical (unpaired) electrons. The number of ether oxygens (including phenoxy) is 1. The van der Waals surface area contributed by atoms with Gasteiger partial charge in [0.15, 0.2) is 0 Å². The van der Waals surface area contributed by atoms with Crippen molar-refractivity contribution in [1.82, 2.24) is 9.88 Å². The van der Waals surface area contributed by atoms with E-state index < -0.39 is 0 Å². The molecule has 1 saturated heterocycles. The molecule has 23 heavy (non-hydrogen) atoms. The summed E-state index contributed by atoms with van der Waals surface area (Å²) in [7, 11) is 0. The Balaban J connectivity index is 1.46. The third-order valence-corrected chi connectivity index (χ3v) is 4.32. The van der Waals surface area contributed by atoms with Crippen molar-refractivity contribution in [3.63, 3.8) is 0 Å². The number of nitrogens with one attached hydrogen (secondary N) is 1. The van der Waals surface area contributed by atoms with Crippen LogP contribution < -0.4 is 5.32 Å². The molecule has 2 aliphatic rings.